The Balaban J connectivity index is 1.81. The molecule has 0 amide bonds. The van der Waals surface area contributed by atoms with Gasteiger partial charge in [0.25, 0.3) is 0 Å². The Bertz CT molecular complexity index is 876. The van der Waals surface area contributed by atoms with Crippen LogP contribution in [-0.2, 0) is 0 Å². The van der Waals surface area contributed by atoms with Crippen LogP contribution in [0.25, 0.3) is 22.8 Å². The van der Waals surface area contributed by atoms with Crippen LogP contribution in [0.5, 0.6) is 0 Å². The fraction of sp³-hybridized carbons (Fsp3) is 0.250. The number of halogens is 1. The lowest BCUT2D eigenvalue weighted by Gasteiger charge is -2.22. The normalized spacial score (nSPS) is 14.9. The first-order chi connectivity index (χ1) is 12.8. The lowest BCUT2D eigenvalue weighted by Crippen LogP contribution is -2.28. The number of nitrogens with one attached hydrogen (secondary N) is 1. The van der Waals surface area contributed by atoms with Crippen molar-refractivity contribution in [1.82, 2.24) is 20.3 Å². The second kappa shape index (κ2) is 7.58. The first-order valence-electron chi connectivity index (χ1n) is 8.82. The maximum atomic E-state index is 13.7. The highest BCUT2D eigenvalue weighted by molar-refractivity contribution is 5.65. The van der Waals surface area contributed by atoms with E-state index in [9.17, 15) is 4.39 Å². The molecule has 6 heteroatoms. The standard InChI is InChI=1S/C20H20FN5/c21-16-6-3-5-15(13-16)20-24-18(17-7-1-2-9-23-17)14-19(25-20)26-11-4-8-22-10-12-26/h1-3,5-7,9,13-14,22H,4,8,10-12H2. The highest BCUT2D eigenvalue weighted by atomic mass is 19.1. The average Bonchev–Trinajstić information content (AvgIpc) is 2.98. The third kappa shape index (κ3) is 3.70. The number of hydrogen-bond donors (Lipinski definition) is 1. The van der Waals surface area contributed by atoms with Gasteiger partial charge in [-0.3, -0.25) is 4.98 Å². The third-order valence-electron chi connectivity index (χ3n) is 4.39. The van der Waals surface area contributed by atoms with Crippen LogP contribution in [0.2, 0.25) is 0 Å². The number of aromatic nitrogens is 3. The summed E-state index contributed by atoms with van der Waals surface area (Å²) < 4.78 is 13.7. The Morgan fingerprint density at radius 1 is 0.923 bits per heavy atom. The summed E-state index contributed by atoms with van der Waals surface area (Å²) in [4.78, 5) is 16.0. The lowest BCUT2D eigenvalue weighted by atomic mass is 10.2. The fourth-order valence-corrected chi connectivity index (χ4v) is 3.07. The second-order valence-corrected chi connectivity index (χ2v) is 6.25. The summed E-state index contributed by atoms with van der Waals surface area (Å²) in [6.07, 6.45) is 2.80. The Morgan fingerprint density at radius 2 is 1.88 bits per heavy atom. The molecular formula is C20H20FN5. The van der Waals surface area contributed by atoms with E-state index in [0.717, 1.165) is 49.8 Å². The molecule has 1 aliphatic rings. The molecule has 1 N–H and O–H groups in total. The molecule has 4 rings (SSSR count). The van der Waals surface area contributed by atoms with Crippen LogP contribution >= 0.6 is 0 Å². The van der Waals surface area contributed by atoms with Crippen molar-refractivity contribution < 1.29 is 4.39 Å². The number of benzene rings is 1. The van der Waals surface area contributed by atoms with Crippen LogP contribution in [0.3, 0.4) is 0 Å². The highest BCUT2D eigenvalue weighted by Gasteiger charge is 2.16. The van der Waals surface area contributed by atoms with Crippen LogP contribution in [0.1, 0.15) is 6.42 Å². The zero-order chi connectivity index (χ0) is 17.8. The molecule has 0 aliphatic carbocycles. The number of rotatable bonds is 3. The summed E-state index contributed by atoms with van der Waals surface area (Å²) in [6, 6.07) is 14.1. The van der Waals surface area contributed by atoms with Gasteiger partial charge in [0.1, 0.15) is 11.6 Å². The van der Waals surface area contributed by atoms with Gasteiger partial charge in [-0.1, -0.05) is 18.2 Å². The van der Waals surface area contributed by atoms with Crippen LogP contribution < -0.4 is 10.2 Å². The Hall–Kier alpha value is -2.86. The van der Waals surface area contributed by atoms with Crippen molar-refractivity contribution in [2.45, 2.75) is 6.42 Å². The van der Waals surface area contributed by atoms with E-state index in [-0.39, 0.29) is 5.82 Å². The van der Waals surface area contributed by atoms with Crippen molar-refractivity contribution in [3.63, 3.8) is 0 Å². The van der Waals surface area contributed by atoms with Gasteiger partial charge in [-0.15, -0.1) is 0 Å². The second-order valence-electron chi connectivity index (χ2n) is 6.25. The lowest BCUT2D eigenvalue weighted by molar-refractivity contribution is 0.628. The third-order valence-corrected chi connectivity index (χ3v) is 4.39. The summed E-state index contributed by atoms with van der Waals surface area (Å²) in [5.74, 6) is 1.07. The predicted octanol–water partition coefficient (Wildman–Crippen LogP) is 3.14. The molecule has 0 unspecified atom stereocenters. The molecule has 0 spiro atoms. The minimum absolute atomic E-state index is 0.296. The van der Waals surface area contributed by atoms with Gasteiger partial charge in [0.05, 0.1) is 11.4 Å². The number of hydrogen-bond acceptors (Lipinski definition) is 5. The molecule has 2 aromatic heterocycles. The van der Waals surface area contributed by atoms with Crippen molar-refractivity contribution >= 4 is 5.82 Å². The molecule has 26 heavy (non-hydrogen) atoms. The van der Waals surface area contributed by atoms with Crippen molar-refractivity contribution in [3.05, 3.63) is 60.5 Å². The molecule has 1 saturated heterocycles. The van der Waals surface area contributed by atoms with Gasteiger partial charge < -0.3 is 10.2 Å². The van der Waals surface area contributed by atoms with Crippen molar-refractivity contribution in [2.75, 3.05) is 31.1 Å². The monoisotopic (exact) mass is 349 g/mol. The molecule has 3 aromatic rings. The molecular weight excluding hydrogens is 329 g/mol. The molecule has 0 saturated carbocycles. The average molecular weight is 349 g/mol. The SMILES string of the molecule is Fc1cccc(-c2nc(-c3ccccn3)cc(N3CCCNCC3)n2)c1. The summed E-state index contributed by atoms with van der Waals surface area (Å²) >= 11 is 0. The largest absolute Gasteiger partial charge is 0.355 e. The summed E-state index contributed by atoms with van der Waals surface area (Å²) in [5, 5.41) is 3.40. The highest BCUT2D eigenvalue weighted by Crippen LogP contribution is 2.25. The predicted molar refractivity (Wildman–Crippen MR) is 100 cm³/mol. The quantitative estimate of drug-likeness (QED) is 0.787. The summed E-state index contributed by atoms with van der Waals surface area (Å²) in [7, 11) is 0. The van der Waals surface area contributed by atoms with Crippen LogP contribution in [0, 0.1) is 5.82 Å². The van der Waals surface area contributed by atoms with Gasteiger partial charge in [-0.2, -0.15) is 0 Å². The Morgan fingerprint density at radius 3 is 2.73 bits per heavy atom. The minimum atomic E-state index is -0.296. The smallest absolute Gasteiger partial charge is 0.162 e. The molecule has 1 aliphatic heterocycles. The van der Waals surface area contributed by atoms with Gasteiger partial charge in [-0.25, -0.2) is 14.4 Å². The van der Waals surface area contributed by atoms with E-state index in [1.54, 1.807) is 12.3 Å². The van der Waals surface area contributed by atoms with Crippen LogP contribution in [0.4, 0.5) is 10.2 Å². The van der Waals surface area contributed by atoms with Crippen molar-refractivity contribution in [1.29, 1.82) is 0 Å². The molecule has 1 aromatic carbocycles. The molecule has 1 fully saturated rings. The van der Waals surface area contributed by atoms with Gasteiger partial charge in [0.15, 0.2) is 5.82 Å². The van der Waals surface area contributed by atoms with Gasteiger partial charge in [0, 0.05) is 37.5 Å². The summed E-state index contributed by atoms with van der Waals surface area (Å²) in [5.41, 5.74) is 2.19. The molecule has 0 bridgehead atoms. The number of pyridine rings is 1. The molecule has 0 atom stereocenters. The minimum Gasteiger partial charge on any atom is -0.355 e. The van der Waals surface area contributed by atoms with E-state index < -0.39 is 0 Å². The molecule has 132 valence electrons. The van der Waals surface area contributed by atoms with Crippen molar-refractivity contribution in [2.24, 2.45) is 0 Å². The first kappa shape index (κ1) is 16.6. The van der Waals surface area contributed by atoms with E-state index in [2.05, 4.69) is 20.2 Å². The van der Waals surface area contributed by atoms with E-state index in [1.165, 1.54) is 12.1 Å². The maximum absolute atomic E-state index is 13.7. The van der Waals surface area contributed by atoms with Gasteiger partial charge in [0.2, 0.25) is 0 Å². The molecule has 5 nitrogen and oxygen atoms in total. The zero-order valence-electron chi connectivity index (χ0n) is 14.4. The van der Waals surface area contributed by atoms with Crippen LogP contribution in [-0.4, -0.2) is 41.1 Å². The van der Waals surface area contributed by atoms with Gasteiger partial charge in [-0.05, 0) is 37.2 Å². The summed E-state index contributed by atoms with van der Waals surface area (Å²) in [6.45, 7) is 3.72. The first-order valence-corrected chi connectivity index (χ1v) is 8.82. The Kier molecular flexibility index (Phi) is 4.84. The number of anilines is 1. The molecule has 0 radical (unpaired) electrons. The van der Waals surface area contributed by atoms with E-state index >= 15 is 0 Å². The maximum Gasteiger partial charge on any atom is 0.162 e. The Labute approximate surface area is 151 Å². The van der Waals surface area contributed by atoms with E-state index in [0.29, 0.717) is 11.4 Å². The topological polar surface area (TPSA) is 53.9 Å². The zero-order valence-corrected chi connectivity index (χ0v) is 14.4. The number of nitrogens with zero attached hydrogens (tertiary/aromatic N) is 4. The van der Waals surface area contributed by atoms with Crippen LogP contribution in [0.15, 0.2) is 54.7 Å². The molecule has 3 heterocycles. The van der Waals surface area contributed by atoms with Gasteiger partial charge >= 0.3 is 0 Å². The van der Waals surface area contributed by atoms with Crippen molar-refractivity contribution in [3.8, 4) is 22.8 Å². The van der Waals surface area contributed by atoms with E-state index in [1.807, 2.05) is 30.3 Å². The fourth-order valence-electron chi connectivity index (χ4n) is 3.07. The van der Waals surface area contributed by atoms with E-state index in [4.69, 9.17) is 4.98 Å².